The van der Waals surface area contributed by atoms with Crippen molar-refractivity contribution in [3.05, 3.63) is 23.3 Å². The van der Waals surface area contributed by atoms with E-state index in [1.807, 2.05) is 6.07 Å². The molecule has 4 heteroatoms. The van der Waals surface area contributed by atoms with E-state index in [1.54, 1.807) is 20.3 Å². The molecule has 0 radical (unpaired) electrons. The Balaban J connectivity index is 2.57. The SMILES string of the molecule is COc1ccc(OC)c2c1CCC(N)C2O. The van der Waals surface area contributed by atoms with Crippen LogP contribution < -0.4 is 15.2 Å². The number of hydrogen-bond donors (Lipinski definition) is 2. The maximum Gasteiger partial charge on any atom is 0.125 e. The van der Waals surface area contributed by atoms with Crippen molar-refractivity contribution in [2.75, 3.05) is 14.2 Å². The van der Waals surface area contributed by atoms with E-state index < -0.39 is 6.10 Å². The zero-order valence-corrected chi connectivity index (χ0v) is 9.56. The third-order valence-corrected chi connectivity index (χ3v) is 3.14. The highest BCUT2D eigenvalue weighted by Gasteiger charge is 2.30. The zero-order valence-electron chi connectivity index (χ0n) is 9.56. The Morgan fingerprint density at radius 3 is 2.50 bits per heavy atom. The minimum absolute atomic E-state index is 0.228. The summed E-state index contributed by atoms with van der Waals surface area (Å²) in [6.45, 7) is 0. The smallest absolute Gasteiger partial charge is 0.125 e. The van der Waals surface area contributed by atoms with Gasteiger partial charge in [0.15, 0.2) is 0 Å². The second-order valence-corrected chi connectivity index (χ2v) is 4.01. The van der Waals surface area contributed by atoms with Gasteiger partial charge >= 0.3 is 0 Å². The predicted octanol–water partition coefficient (Wildman–Crippen LogP) is 1.01. The Kier molecular flexibility index (Phi) is 3.03. The summed E-state index contributed by atoms with van der Waals surface area (Å²) in [6, 6.07) is 3.44. The Morgan fingerprint density at radius 1 is 1.25 bits per heavy atom. The van der Waals surface area contributed by atoms with Crippen molar-refractivity contribution >= 4 is 0 Å². The molecule has 2 unspecified atom stereocenters. The van der Waals surface area contributed by atoms with E-state index in [0.29, 0.717) is 5.75 Å². The number of nitrogens with two attached hydrogens (primary N) is 1. The molecular weight excluding hydrogens is 206 g/mol. The topological polar surface area (TPSA) is 64.7 Å². The van der Waals surface area contributed by atoms with Crippen molar-refractivity contribution in [3.63, 3.8) is 0 Å². The summed E-state index contributed by atoms with van der Waals surface area (Å²) in [5.41, 5.74) is 7.65. The lowest BCUT2D eigenvalue weighted by Crippen LogP contribution is -2.33. The number of fused-ring (bicyclic) bond motifs is 1. The summed E-state index contributed by atoms with van der Waals surface area (Å²) < 4.78 is 10.5. The van der Waals surface area contributed by atoms with Crippen molar-refractivity contribution in [2.24, 2.45) is 5.73 Å². The van der Waals surface area contributed by atoms with Crippen LogP contribution >= 0.6 is 0 Å². The molecule has 0 spiro atoms. The molecule has 0 fully saturated rings. The molecule has 0 amide bonds. The molecule has 3 N–H and O–H groups in total. The molecule has 4 nitrogen and oxygen atoms in total. The average Bonchev–Trinajstić information content (AvgIpc) is 2.32. The van der Waals surface area contributed by atoms with Gasteiger partial charge in [-0.05, 0) is 25.0 Å². The molecule has 0 aliphatic heterocycles. The fraction of sp³-hybridized carbons (Fsp3) is 0.500. The number of rotatable bonds is 2. The van der Waals surface area contributed by atoms with E-state index in [4.69, 9.17) is 15.2 Å². The van der Waals surface area contributed by atoms with E-state index >= 15 is 0 Å². The summed E-state index contributed by atoms with van der Waals surface area (Å²) >= 11 is 0. The van der Waals surface area contributed by atoms with Gasteiger partial charge in [0.05, 0.1) is 20.3 Å². The molecular formula is C12H17NO3. The largest absolute Gasteiger partial charge is 0.496 e. The molecule has 0 bridgehead atoms. The Bertz CT molecular complexity index is 392. The van der Waals surface area contributed by atoms with Crippen LogP contribution in [0, 0.1) is 0 Å². The monoisotopic (exact) mass is 223 g/mol. The van der Waals surface area contributed by atoms with E-state index in [9.17, 15) is 5.11 Å². The number of hydrogen-bond acceptors (Lipinski definition) is 4. The molecule has 0 saturated carbocycles. The summed E-state index contributed by atoms with van der Waals surface area (Å²) in [7, 11) is 3.22. The Morgan fingerprint density at radius 2 is 1.88 bits per heavy atom. The van der Waals surface area contributed by atoms with E-state index in [0.717, 1.165) is 29.7 Å². The summed E-state index contributed by atoms with van der Waals surface area (Å²) in [5, 5.41) is 10.1. The van der Waals surface area contributed by atoms with Crippen LogP contribution in [0.3, 0.4) is 0 Å². The van der Waals surface area contributed by atoms with Crippen LogP contribution in [-0.4, -0.2) is 25.4 Å². The zero-order chi connectivity index (χ0) is 11.7. The van der Waals surface area contributed by atoms with Gasteiger partial charge in [-0.25, -0.2) is 0 Å². The maximum atomic E-state index is 10.1. The van der Waals surface area contributed by atoms with Crippen LogP contribution in [-0.2, 0) is 6.42 Å². The first kappa shape index (κ1) is 11.2. The highest BCUT2D eigenvalue weighted by molar-refractivity contribution is 5.51. The predicted molar refractivity (Wildman–Crippen MR) is 60.8 cm³/mol. The first-order valence-corrected chi connectivity index (χ1v) is 5.36. The lowest BCUT2D eigenvalue weighted by atomic mass is 9.85. The van der Waals surface area contributed by atoms with E-state index in [1.165, 1.54) is 0 Å². The fourth-order valence-corrected chi connectivity index (χ4v) is 2.26. The first-order valence-electron chi connectivity index (χ1n) is 5.36. The van der Waals surface area contributed by atoms with Crippen LogP contribution in [0.5, 0.6) is 11.5 Å². The first-order chi connectivity index (χ1) is 7.69. The van der Waals surface area contributed by atoms with Gasteiger partial charge < -0.3 is 20.3 Å². The molecule has 0 aromatic heterocycles. The van der Waals surface area contributed by atoms with Crippen LogP contribution in [0.1, 0.15) is 23.7 Å². The third kappa shape index (κ3) is 1.64. The molecule has 1 aromatic rings. The summed E-state index contributed by atoms with van der Waals surface area (Å²) in [5.74, 6) is 1.47. The standard InChI is InChI=1S/C12H17NO3/c1-15-9-5-6-10(16-2)11-7(9)3-4-8(13)12(11)14/h5-6,8,12,14H,3-4,13H2,1-2H3. The highest BCUT2D eigenvalue weighted by atomic mass is 16.5. The molecule has 16 heavy (non-hydrogen) atoms. The maximum absolute atomic E-state index is 10.1. The van der Waals surface area contributed by atoms with Gasteiger partial charge in [0.25, 0.3) is 0 Å². The van der Waals surface area contributed by atoms with Crippen LogP contribution in [0.25, 0.3) is 0 Å². The van der Waals surface area contributed by atoms with Gasteiger partial charge in [0.2, 0.25) is 0 Å². The van der Waals surface area contributed by atoms with E-state index in [2.05, 4.69) is 0 Å². The van der Waals surface area contributed by atoms with Gasteiger partial charge in [0, 0.05) is 17.2 Å². The number of benzene rings is 1. The second-order valence-electron chi connectivity index (χ2n) is 4.01. The fourth-order valence-electron chi connectivity index (χ4n) is 2.26. The lowest BCUT2D eigenvalue weighted by Gasteiger charge is -2.29. The van der Waals surface area contributed by atoms with Crippen molar-refractivity contribution in [1.82, 2.24) is 0 Å². The molecule has 1 aromatic carbocycles. The van der Waals surface area contributed by atoms with Crippen molar-refractivity contribution < 1.29 is 14.6 Å². The second kappa shape index (κ2) is 4.31. The van der Waals surface area contributed by atoms with E-state index in [-0.39, 0.29) is 6.04 Å². The molecule has 1 aliphatic rings. The molecule has 2 atom stereocenters. The van der Waals surface area contributed by atoms with Gasteiger partial charge in [-0.15, -0.1) is 0 Å². The minimum atomic E-state index is -0.672. The van der Waals surface area contributed by atoms with Crippen LogP contribution in [0.15, 0.2) is 12.1 Å². The minimum Gasteiger partial charge on any atom is -0.496 e. The number of aliphatic hydroxyl groups is 1. The highest BCUT2D eigenvalue weighted by Crippen LogP contribution is 2.40. The summed E-state index contributed by atoms with van der Waals surface area (Å²) in [6.07, 6.45) is 0.903. The number of ether oxygens (including phenoxy) is 2. The molecule has 0 heterocycles. The normalized spacial score (nSPS) is 23.8. The van der Waals surface area contributed by atoms with Gasteiger partial charge in [-0.1, -0.05) is 0 Å². The van der Waals surface area contributed by atoms with Gasteiger partial charge in [-0.3, -0.25) is 0 Å². The molecule has 88 valence electrons. The van der Waals surface area contributed by atoms with Crippen molar-refractivity contribution in [1.29, 1.82) is 0 Å². The average molecular weight is 223 g/mol. The lowest BCUT2D eigenvalue weighted by molar-refractivity contribution is 0.129. The molecule has 2 rings (SSSR count). The molecule has 1 aliphatic carbocycles. The third-order valence-electron chi connectivity index (χ3n) is 3.14. The van der Waals surface area contributed by atoms with Crippen LogP contribution in [0.4, 0.5) is 0 Å². The van der Waals surface area contributed by atoms with Gasteiger partial charge in [0.1, 0.15) is 11.5 Å². The molecule has 0 saturated heterocycles. The van der Waals surface area contributed by atoms with Crippen molar-refractivity contribution in [3.8, 4) is 11.5 Å². The van der Waals surface area contributed by atoms with Crippen LogP contribution in [0.2, 0.25) is 0 Å². The quantitative estimate of drug-likeness (QED) is 0.785. The number of methoxy groups -OCH3 is 2. The number of aliphatic hydroxyl groups excluding tert-OH is 1. The Labute approximate surface area is 95.0 Å². The Hall–Kier alpha value is -1.26. The summed E-state index contributed by atoms with van der Waals surface area (Å²) in [4.78, 5) is 0. The van der Waals surface area contributed by atoms with Gasteiger partial charge in [-0.2, -0.15) is 0 Å². The van der Waals surface area contributed by atoms with Crippen molar-refractivity contribution in [2.45, 2.75) is 25.0 Å².